The molecule has 0 amide bonds. The number of hydrogen-bond acceptors (Lipinski definition) is 2. The highest BCUT2D eigenvalue weighted by Crippen LogP contribution is 2.61. The van der Waals surface area contributed by atoms with Crippen LogP contribution in [0.15, 0.2) is 0 Å². The Balaban J connectivity index is 1.29. The molecule has 0 spiro atoms. The largest absolute Gasteiger partial charge is 0.310 e. The van der Waals surface area contributed by atoms with E-state index in [0.717, 1.165) is 23.4 Å². The highest BCUT2D eigenvalue weighted by atomic mass is 15.2. The van der Waals surface area contributed by atoms with Gasteiger partial charge in [-0.3, -0.25) is 0 Å². The van der Waals surface area contributed by atoms with Crippen LogP contribution < -0.4 is 5.32 Å². The molecule has 4 rings (SSSR count). The molecule has 1 saturated heterocycles. The first-order valence-corrected chi connectivity index (χ1v) is 7.32. The van der Waals surface area contributed by atoms with Crippen molar-refractivity contribution in [3.8, 4) is 0 Å². The summed E-state index contributed by atoms with van der Waals surface area (Å²) in [6.07, 6.45) is 10.4. The zero-order valence-electron chi connectivity index (χ0n) is 10.3. The number of nitrogens with one attached hydrogen (secondary N) is 1. The molecule has 0 aromatic carbocycles. The Kier molecular flexibility index (Phi) is 2.14. The summed E-state index contributed by atoms with van der Waals surface area (Å²) in [5.41, 5.74) is 0.814. The van der Waals surface area contributed by atoms with Gasteiger partial charge >= 0.3 is 0 Å². The van der Waals surface area contributed by atoms with Gasteiger partial charge in [-0.05, 0) is 62.8 Å². The molecule has 2 heteroatoms. The van der Waals surface area contributed by atoms with Gasteiger partial charge in [-0.2, -0.15) is 0 Å². The second kappa shape index (κ2) is 3.46. The summed E-state index contributed by atoms with van der Waals surface area (Å²) in [5.74, 6) is 1.13. The Morgan fingerprint density at radius 1 is 1.00 bits per heavy atom. The Morgan fingerprint density at radius 2 is 1.81 bits per heavy atom. The smallest absolute Gasteiger partial charge is 0.0209 e. The van der Waals surface area contributed by atoms with E-state index in [-0.39, 0.29) is 0 Å². The average Bonchev–Trinajstić information content (AvgIpc) is 3.02. The maximum absolute atomic E-state index is 3.79. The van der Waals surface area contributed by atoms with Crippen LogP contribution in [0, 0.1) is 11.3 Å². The van der Waals surface area contributed by atoms with Crippen molar-refractivity contribution in [1.82, 2.24) is 10.2 Å². The van der Waals surface area contributed by atoms with Crippen molar-refractivity contribution >= 4 is 0 Å². The van der Waals surface area contributed by atoms with Crippen LogP contribution in [0.5, 0.6) is 0 Å². The molecule has 1 heterocycles. The van der Waals surface area contributed by atoms with Gasteiger partial charge in [-0.1, -0.05) is 0 Å². The Hall–Kier alpha value is -0.0800. The van der Waals surface area contributed by atoms with Gasteiger partial charge in [0.1, 0.15) is 0 Å². The third-order valence-corrected chi connectivity index (χ3v) is 5.20. The fraction of sp³-hybridized carbons (Fsp3) is 1.00. The molecule has 0 radical (unpaired) electrons. The van der Waals surface area contributed by atoms with Gasteiger partial charge in [-0.15, -0.1) is 0 Å². The maximum atomic E-state index is 3.79. The zero-order valence-corrected chi connectivity index (χ0v) is 10.3. The fourth-order valence-corrected chi connectivity index (χ4v) is 3.69. The van der Waals surface area contributed by atoms with Crippen molar-refractivity contribution in [3.63, 3.8) is 0 Å². The topological polar surface area (TPSA) is 15.3 Å². The lowest BCUT2D eigenvalue weighted by molar-refractivity contribution is 0.238. The second-order valence-electron chi connectivity index (χ2n) is 6.80. The van der Waals surface area contributed by atoms with E-state index in [0.29, 0.717) is 0 Å². The molecule has 1 aliphatic heterocycles. The monoisotopic (exact) mass is 220 g/mol. The van der Waals surface area contributed by atoms with Crippen LogP contribution in [0.4, 0.5) is 0 Å². The number of rotatable bonds is 5. The van der Waals surface area contributed by atoms with Crippen molar-refractivity contribution in [2.75, 3.05) is 19.6 Å². The molecule has 1 unspecified atom stereocenters. The summed E-state index contributed by atoms with van der Waals surface area (Å²) in [6.45, 7) is 4.13. The van der Waals surface area contributed by atoms with Gasteiger partial charge in [0, 0.05) is 25.2 Å². The lowest BCUT2D eigenvalue weighted by Gasteiger charge is -2.23. The highest BCUT2D eigenvalue weighted by molar-refractivity contribution is 5.06. The SMILES string of the molecule is C1CC1NC1CCN(CC2(C3CC3)CC2)C1. The molecule has 16 heavy (non-hydrogen) atoms. The number of nitrogens with zero attached hydrogens (tertiary/aromatic N) is 1. The van der Waals surface area contributed by atoms with E-state index in [1.54, 1.807) is 0 Å². The third kappa shape index (κ3) is 1.91. The van der Waals surface area contributed by atoms with E-state index >= 15 is 0 Å². The minimum Gasteiger partial charge on any atom is -0.310 e. The molecular formula is C14H24N2. The maximum Gasteiger partial charge on any atom is 0.0209 e. The van der Waals surface area contributed by atoms with Crippen molar-refractivity contribution < 1.29 is 0 Å². The van der Waals surface area contributed by atoms with E-state index in [1.807, 2.05) is 0 Å². The van der Waals surface area contributed by atoms with Crippen molar-refractivity contribution in [3.05, 3.63) is 0 Å². The van der Waals surface area contributed by atoms with Gasteiger partial charge < -0.3 is 10.2 Å². The predicted octanol–water partition coefficient (Wildman–Crippen LogP) is 2.00. The van der Waals surface area contributed by atoms with Crippen LogP contribution in [-0.2, 0) is 0 Å². The normalized spacial score (nSPS) is 37.9. The summed E-state index contributed by atoms with van der Waals surface area (Å²) in [7, 11) is 0. The number of likely N-dealkylation sites (tertiary alicyclic amines) is 1. The summed E-state index contributed by atoms with van der Waals surface area (Å²) in [6, 6.07) is 1.71. The van der Waals surface area contributed by atoms with Crippen molar-refractivity contribution in [2.24, 2.45) is 11.3 Å². The molecule has 4 fully saturated rings. The predicted molar refractivity (Wildman–Crippen MR) is 65.4 cm³/mol. The second-order valence-corrected chi connectivity index (χ2v) is 6.80. The van der Waals surface area contributed by atoms with Crippen molar-refractivity contribution in [1.29, 1.82) is 0 Å². The average molecular weight is 220 g/mol. The van der Waals surface area contributed by atoms with Crippen LogP contribution in [0.25, 0.3) is 0 Å². The first-order chi connectivity index (χ1) is 7.84. The standard InChI is InChI=1S/C14H24N2/c1-2-11(1)14(6-7-14)10-16-8-5-13(9-16)15-12-3-4-12/h11-13,15H,1-10H2. The lowest BCUT2D eigenvalue weighted by Crippen LogP contribution is -2.36. The van der Waals surface area contributed by atoms with Gasteiger partial charge in [0.05, 0.1) is 0 Å². The van der Waals surface area contributed by atoms with Gasteiger partial charge in [0.25, 0.3) is 0 Å². The molecule has 3 aliphatic carbocycles. The quantitative estimate of drug-likeness (QED) is 0.762. The zero-order chi connectivity index (χ0) is 10.6. The van der Waals surface area contributed by atoms with Crippen LogP contribution in [0.1, 0.15) is 44.9 Å². The van der Waals surface area contributed by atoms with Crippen LogP contribution >= 0.6 is 0 Å². The van der Waals surface area contributed by atoms with E-state index in [9.17, 15) is 0 Å². The molecule has 2 nitrogen and oxygen atoms in total. The van der Waals surface area contributed by atoms with Crippen LogP contribution in [0.2, 0.25) is 0 Å². The molecule has 1 N–H and O–H groups in total. The molecule has 1 atom stereocenters. The molecule has 4 aliphatic rings. The molecule has 0 aromatic rings. The fourth-order valence-electron chi connectivity index (χ4n) is 3.69. The molecule has 0 bridgehead atoms. The minimum absolute atomic E-state index is 0.814. The molecule has 3 saturated carbocycles. The van der Waals surface area contributed by atoms with E-state index in [1.165, 1.54) is 64.6 Å². The van der Waals surface area contributed by atoms with Gasteiger partial charge in [-0.25, -0.2) is 0 Å². The van der Waals surface area contributed by atoms with Crippen molar-refractivity contribution in [2.45, 2.75) is 57.0 Å². The molecule has 0 aromatic heterocycles. The minimum atomic E-state index is 0.814. The summed E-state index contributed by atoms with van der Waals surface area (Å²) in [5, 5.41) is 3.79. The van der Waals surface area contributed by atoms with Gasteiger partial charge in [0.2, 0.25) is 0 Å². The summed E-state index contributed by atoms with van der Waals surface area (Å²) < 4.78 is 0. The Labute approximate surface area is 98.8 Å². The highest BCUT2D eigenvalue weighted by Gasteiger charge is 2.54. The Bertz CT molecular complexity index is 276. The van der Waals surface area contributed by atoms with Gasteiger partial charge in [0.15, 0.2) is 0 Å². The third-order valence-electron chi connectivity index (χ3n) is 5.20. The summed E-state index contributed by atoms with van der Waals surface area (Å²) >= 11 is 0. The first-order valence-electron chi connectivity index (χ1n) is 7.32. The number of hydrogen-bond donors (Lipinski definition) is 1. The van der Waals surface area contributed by atoms with Crippen LogP contribution in [-0.4, -0.2) is 36.6 Å². The molecular weight excluding hydrogens is 196 g/mol. The van der Waals surface area contributed by atoms with E-state index in [4.69, 9.17) is 0 Å². The van der Waals surface area contributed by atoms with E-state index < -0.39 is 0 Å². The first kappa shape index (κ1) is 9.90. The van der Waals surface area contributed by atoms with E-state index in [2.05, 4.69) is 10.2 Å². The molecule has 90 valence electrons. The Morgan fingerprint density at radius 3 is 2.44 bits per heavy atom. The lowest BCUT2D eigenvalue weighted by atomic mass is 10.0. The summed E-state index contributed by atoms with van der Waals surface area (Å²) in [4.78, 5) is 2.76. The van der Waals surface area contributed by atoms with Crippen LogP contribution in [0.3, 0.4) is 0 Å².